The molecule has 1 aliphatic heterocycles. The zero-order valence-electron chi connectivity index (χ0n) is 20.7. The van der Waals surface area contributed by atoms with E-state index < -0.39 is 11.2 Å². The van der Waals surface area contributed by atoms with Crippen LogP contribution in [-0.2, 0) is 22.4 Å². The molecular weight excluding hydrogens is 466 g/mol. The Bertz CT molecular complexity index is 1330. The van der Waals surface area contributed by atoms with Gasteiger partial charge in [0.25, 0.3) is 5.91 Å². The van der Waals surface area contributed by atoms with Crippen LogP contribution in [0.4, 0.5) is 5.69 Å². The average Bonchev–Trinajstić information content (AvgIpc) is 3.21. The average molecular weight is 496 g/mol. The number of nitriles is 1. The summed E-state index contributed by atoms with van der Waals surface area (Å²) in [5.41, 5.74) is 4.87. The number of amides is 2. The fourth-order valence-corrected chi connectivity index (χ4v) is 5.53. The van der Waals surface area contributed by atoms with Gasteiger partial charge in [0.2, 0.25) is 5.91 Å². The molecule has 0 aromatic heterocycles. The van der Waals surface area contributed by atoms with Crippen molar-refractivity contribution in [3.05, 3.63) is 112 Å². The maximum absolute atomic E-state index is 13.7. The molecule has 3 aromatic rings. The third kappa shape index (κ3) is 5.37. The predicted molar refractivity (Wildman–Crippen MR) is 145 cm³/mol. The lowest BCUT2D eigenvalue weighted by Gasteiger charge is -2.20. The van der Waals surface area contributed by atoms with E-state index in [0.29, 0.717) is 17.1 Å². The Kier molecular flexibility index (Phi) is 7.92. The van der Waals surface area contributed by atoms with E-state index in [1.807, 2.05) is 92.7 Å². The second-order valence-electron chi connectivity index (χ2n) is 8.83. The number of aryl methyl sites for hydroxylation is 2. The Morgan fingerprint density at radius 2 is 1.72 bits per heavy atom. The molecule has 0 aliphatic carbocycles. The second-order valence-corrected chi connectivity index (χ2v) is 10.0. The molecule has 2 unspecified atom stereocenters. The maximum Gasteiger partial charge on any atom is 0.265 e. The van der Waals surface area contributed by atoms with E-state index >= 15 is 0 Å². The van der Waals surface area contributed by atoms with Crippen molar-refractivity contribution in [2.45, 2.75) is 44.9 Å². The van der Waals surface area contributed by atoms with Crippen molar-refractivity contribution in [1.82, 2.24) is 5.32 Å². The quantitative estimate of drug-likeness (QED) is 0.329. The fraction of sp³-hybridized carbons (Fsp3) is 0.233. The van der Waals surface area contributed by atoms with Gasteiger partial charge in [-0.15, -0.1) is 0 Å². The van der Waals surface area contributed by atoms with Crippen molar-refractivity contribution < 1.29 is 9.59 Å². The summed E-state index contributed by atoms with van der Waals surface area (Å²) in [5, 5.41) is 12.9. The molecule has 6 heteroatoms. The first-order valence-corrected chi connectivity index (χ1v) is 12.9. The fourth-order valence-electron chi connectivity index (χ4n) is 4.24. The van der Waals surface area contributed by atoms with Crippen LogP contribution in [-0.4, -0.2) is 17.1 Å². The van der Waals surface area contributed by atoms with E-state index in [-0.39, 0.29) is 17.5 Å². The van der Waals surface area contributed by atoms with Gasteiger partial charge in [0.05, 0.1) is 11.3 Å². The molecule has 2 atom stereocenters. The van der Waals surface area contributed by atoms with Gasteiger partial charge in [0.1, 0.15) is 16.7 Å². The highest BCUT2D eigenvalue weighted by Gasteiger charge is 2.41. The number of nitrogens with zero attached hydrogens (tertiary/aromatic N) is 2. The van der Waals surface area contributed by atoms with Gasteiger partial charge in [-0.1, -0.05) is 85.4 Å². The summed E-state index contributed by atoms with van der Waals surface area (Å²) < 4.78 is 0. The first-order chi connectivity index (χ1) is 17.4. The third-order valence-electron chi connectivity index (χ3n) is 6.42. The van der Waals surface area contributed by atoms with Crippen molar-refractivity contribution >= 4 is 29.3 Å². The second kappa shape index (κ2) is 11.3. The molecule has 4 rings (SSSR count). The number of hydrogen-bond donors (Lipinski definition) is 1. The normalized spacial score (nSPS) is 17.4. The van der Waals surface area contributed by atoms with Crippen molar-refractivity contribution in [3.63, 3.8) is 0 Å². The number of anilines is 1. The van der Waals surface area contributed by atoms with E-state index in [0.717, 1.165) is 28.7 Å². The zero-order valence-corrected chi connectivity index (χ0v) is 21.5. The molecule has 0 bridgehead atoms. The predicted octanol–water partition coefficient (Wildman–Crippen LogP) is 5.86. The smallest absolute Gasteiger partial charge is 0.265 e. The Morgan fingerprint density at radius 3 is 2.36 bits per heavy atom. The highest BCUT2D eigenvalue weighted by atomic mass is 32.2. The molecule has 0 radical (unpaired) electrons. The first-order valence-electron chi connectivity index (χ1n) is 12.1. The lowest BCUT2D eigenvalue weighted by atomic mass is 10.0. The number of rotatable bonds is 7. The minimum Gasteiger partial charge on any atom is -0.345 e. The van der Waals surface area contributed by atoms with Gasteiger partial charge in [-0.2, -0.15) is 5.26 Å². The zero-order chi connectivity index (χ0) is 25.7. The molecule has 36 heavy (non-hydrogen) atoms. The Balaban J connectivity index is 1.71. The first kappa shape index (κ1) is 25.3. The summed E-state index contributed by atoms with van der Waals surface area (Å²) in [6.45, 7) is 5.97. The van der Waals surface area contributed by atoms with Gasteiger partial charge < -0.3 is 5.32 Å². The molecule has 1 aliphatic rings. The van der Waals surface area contributed by atoms with Crippen LogP contribution < -0.4 is 10.2 Å². The molecule has 1 fully saturated rings. The molecule has 2 amide bonds. The number of benzene rings is 3. The van der Waals surface area contributed by atoms with Crippen LogP contribution in [0.5, 0.6) is 0 Å². The summed E-state index contributed by atoms with van der Waals surface area (Å²) in [7, 11) is 0. The van der Waals surface area contributed by atoms with Gasteiger partial charge in [-0.25, -0.2) is 0 Å². The third-order valence-corrected chi connectivity index (χ3v) is 7.68. The SMILES string of the molecule is CCc1ccc(N2C(=O)C(Cc3ccccc3C)S/C2=C(/C#N)C(=O)NC(C)c2ccccc2)cc1. The van der Waals surface area contributed by atoms with Crippen molar-refractivity contribution in [2.24, 2.45) is 0 Å². The molecule has 1 heterocycles. The van der Waals surface area contributed by atoms with Gasteiger partial charge in [0.15, 0.2) is 0 Å². The minimum absolute atomic E-state index is 0.0528. The number of nitrogens with one attached hydrogen (secondary N) is 1. The number of thioether (sulfide) groups is 1. The lowest BCUT2D eigenvalue weighted by Crippen LogP contribution is -2.33. The molecule has 1 N–H and O–H groups in total. The van der Waals surface area contributed by atoms with Crippen molar-refractivity contribution in [3.8, 4) is 6.07 Å². The number of carbonyl (C=O) groups excluding carboxylic acids is 2. The highest BCUT2D eigenvalue weighted by molar-refractivity contribution is 8.05. The van der Waals surface area contributed by atoms with E-state index in [4.69, 9.17) is 0 Å². The summed E-state index contributed by atoms with van der Waals surface area (Å²) in [6.07, 6.45) is 1.40. The molecule has 3 aromatic carbocycles. The standard InChI is InChI=1S/C30H29N3O2S/c1-4-22-14-16-25(17-15-22)33-29(35)27(18-24-13-9-8-10-20(24)2)36-30(33)26(19-31)28(34)32-21(3)23-11-6-5-7-12-23/h5-17,21,27H,4,18H2,1-3H3,(H,32,34)/b30-26-. The van der Waals surface area contributed by atoms with Crippen LogP contribution in [0.1, 0.15) is 42.1 Å². The van der Waals surface area contributed by atoms with Gasteiger partial charge in [-0.05, 0) is 61.1 Å². The Labute approximate surface area is 216 Å². The number of hydrogen-bond acceptors (Lipinski definition) is 4. The molecule has 182 valence electrons. The van der Waals surface area contributed by atoms with Crippen LogP contribution >= 0.6 is 11.8 Å². The molecule has 0 saturated carbocycles. The van der Waals surface area contributed by atoms with E-state index in [2.05, 4.69) is 18.3 Å². The van der Waals surface area contributed by atoms with Gasteiger partial charge in [0, 0.05) is 5.69 Å². The van der Waals surface area contributed by atoms with Gasteiger partial charge >= 0.3 is 0 Å². The summed E-state index contributed by atoms with van der Waals surface area (Å²) in [6, 6.07) is 27.1. The molecule has 0 spiro atoms. The Hall–Kier alpha value is -3.82. The maximum atomic E-state index is 13.7. The summed E-state index contributed by atoms with van der Waals surface area (Å²) >= 11 is 1.29. The van der Waals surface area contributed by atoms with Crippen LogP contribution in [0.15, 0.2) is 89.5 Å². The molecule has 1 saturated heterocycles. The van der Waals surface area contributed by atoms with Crippen molar-refractivity contribution in [1.29, 1.82) is 5.26 Å². The van der Waals surface area contributed by atoms with Crippen LogP contribution in [0, 0.1) is 18.3 Å². The highest BCUT2D eigenvalue weighted by Crippen LogP contribution is 2.42. The number of carbonyl (C=O) groups is 2. The monoisotopic (exact) mass is 495 g/mol. The van der Waals surface area contributed by atoms with Crippen LogP contribution in [0.25, 0.3) is 0 Å². The Morgan fingerprint density at radius 1 is 1.06 bits per heavy atom. The van der Waals surface area contributed by atoms with Crippen LogP contribution in [0.3, 0.4) is 0 Å². The lowest BCUT2D eigenvalue weighted by molar-refractivity contribution is -0.117. The minimum atomic E-state index is -0.490. The molecule has 5 nitrogen and oxygen atoms in total. The summed E-state index contributed by atoms with van der Waals surface area (Å²) in [5.74, 6) is -0.616. The van der Waals surface area contributed by atoms with Crippen molar-refractivity contribution in [2.75, 3.05) is 4.90 Å². The van der Waals surface area contributed by atoms with Gasteiger partial charge in [-0.3, -0.25) is 14.5 Å². The van der Waals surface area contributed by atoms with E-state index in [1.165, 1.54) is 11.8 Å². The largest absolute Gasteiger partial charge is 0.345 e. The topological polar surface area (TPSA) is 73.2 Å². The van der Waals surface area contributed by atoms with E-state index in [1.54, 1.807) is 4.90 Å². The molecular formula is C30H29N3O2S. The van der Waals surface area contributed by atoms with Crippen LogP contribution in [0.2, 0.25) is 0 Å². The van der Waals surface area contributed by atoms with E-state index in [9.17, 15) is 14.9 Å². The summed E-state index contributed by atoms with van der Waals surface area (Å²) in [4.78, 5) is 28.5.